The van der Waals surface area contributed by atoms with Gasteiger partial charge in [-0.15, -0.1) is 0 Å². The Morgan fingerprint density at radius 1 is 1.04 bits per heavy atom. The summed E-state index contributed by atoms with van der Waals surface area (Å²) in [7, 11) is 3.28. The third-order valence-corrected chi connectivity index (χ3v) is 4.52. The molecule has 2 aromatic carbocycles. The van der Waals surface area contributed by atoms with Crippen LogP contribution in [0.1, 0.15) is 12.0 Å². The minimum absolute atomic E-state index is 0.0194. The molecular weight excluding hydrogens is 342 g/mol. The number of ether oxygens (including phenoxy) is 2. The van der Waals surface area contributed by atoms with Crippen LogP contribution in [0.4, 0.5) is 0 Å². The van der Waals surface area contributed by atoms with Crippen molar-refractivity contribution in [2.75, 3.05) is 27.3 Å². The lowest BCUT2D eigenvalue weighted by Crippen LogP contribution is -2.24. The quantitative estimate of drug-likeness (QED) is 0.589. The van der Waals surface area contributed by atoms with Gasteiger partial charge in [0.05, 0.1) is 31.4 Å². The first-order chi connectivity index (χ1) is 13.2. The summed E-state index contributed by atoms with van der Waals surface area (Å²) in [6.45, 7) is 2.35. The smallest absolute Gasteiger partial charge is 0.261 e. The molecule has 0 radical (unpaired) electrons. The molecule has 0 unspecified atom stereocenters. The van der Waals surface area contributed by atoms with E-state index in [9.17, 15) is 4.79 Å². The Bertz CT molecular complexity index is 953. The third-order valence-electron chi connectivity index (χ3n) is 4.52. The van der Waals surface area contributed by atoms with Gasteiger partial charge < -0.3 is 14.8 Å². The van der Waals surface area contributed by atoms with E-state index in [1.165, 1.54) is 5.56 Å². The summed E-state index contributed by atoms with van der Waals surface area (Å²) < 4.78 is 12.3. The van der Waals surface area contributed by atoms with E-state index in [4.69, 9.17) is 9.47 Å². The Morgan fingerprint density at radius 3 is 2.67 bits per heavy atom. The van der Waals surface area contributed by atoms with Crippen molar-refractivity contribution in [3.63, 3.8) is 0 Å². The maximum atomic E-state index is 12.4. The number of benzene rings is 2. The van der Waals surface area contributed by atoms with E-state index in [-0.39, 0.29) is 5.56 Å². The van der Waals surface area contributed by atoms with Gasteiger partial charge in [-0.2, -0.15) is 0 Å². The molecule has 0 amide bonds. The number of nitrogens with zero attached hydrogens (tertiary/aromatic N) is 2. The molecule has 0 aliphatic carbocycles. The summed E-state index contributed by atoms with van der Waals surface area (Å²) >= 11 is 0. The number of hydrogen-bond donors (Lipinski definition) is 1. The van der Waals surface area contributed by atoms with Gasteiger partial charge >= 0.3 is 0 Å². The van der Waals surface area contributed by atoms with Gasteiger partial charge in [-0.3, -0.25) is 9.36 Å². The zero-order valence-electron chi connectivity index (χ0n) is 15.8. The Hall–Kier alpha value is -2.86. The van der Waals surface area contributed by atoms with Gasteiger partial charge in [-0.1, -0.05) is 18.2 Å². The number of hydrogen-bond acceptors (Lipinski definition) is 5. The first kappa shape index (κ1) is 18.9. The maximum absolute atomic E-state index is 12.4. The highest BCUT2D eigenvalue weighted by molar-refractivity contribution is 5.76. The summed E-state index contributed by atoms with van der Waals surface area (Å²) in [4.78, 5) is 16.8. The second-order valence-electron chi connectivity index (χ2n) is 6.30. The number of aromatic nitrogens is 2. The number of rotatable bonds is 9. The Kier molecular flexibility index (Phi) is 6.44. The molecule has 142 valence electrons. The molecule has 6 nitrogen and oxygen atoms in total. The topological polar surface area (TPSA) is 65.4 Å². The van der Waals surface area contributed by atoms with E-state index < -0.39 is 0 Å². The second kappa shape index (κ2) is 9.19. The first-order valence-electron chi connectivity index (χ1n) is 9.08. The maximum Gasteiger partial charge on any atom is 0.261 e. The molecule has 0 spiro atoms. The fourth-order valence-electron chi connectivity index (χ4n) is 3.03. The lowest BCUT2D eigenvalue weighted by molar-refractivity contribution is 0.354. The molecule has 3 aromatic rings. The molecule has 1 aromatic heterocycles. The SMILES string of the molecule is COc1ccc(CCNCCCn2cnc3ccccc3c2=O)cc1OC. The van der Waals surface area contributed by atoms with Gasteiger partial charge in [-0.05, 0) is 55.8 Å². The van der Waals surface area contributed by atoms with Gasteiger partial charge in [0, 0.05) is 6.54 Å². The third kappa shape index (κ3) is 4.65. The van der Waals surface area contributed by atoms with Crippen molar-refractivity contribution in [2.24, 2.45) is 0 Å². The molecule has 1 N–H and O–H groups in total. The van der Waals surface area contributed by atoms with Crippen LogP contribution in [0.2, 0.25) is 0 Å². The average molecular weight is 367 g/mol. The molecule has 0 saturated carbocycles. The van der Waals surface area contributed by atoms with Crippen LogP contribution in [0, 0.1) is 0 Å². The standard InChI is InChI=1S/C21H25N3O3/c1-26-19-9-8-16(14-20(19)27-2)10-12-22-11-5-13-24-15-23-18-7-4-3-6-17(18)21(24)25/h3-4,6-9,14-15,22H,5,10-13H2,1-2H3. The Morgan fingerprint density at radius 2 is 1.85 bits per heavy atom. The van der Waals surface area contributed by atoms with Crippen LogP contribution in [-0.2, 0) is 13.0 Å². The normalized spacial score (nSPS) is 10.9. The minimum Gasteiger partial charge on any atom is -0.493 e. The molecule has 1 heterocycles. The van der Waals surface area contributed by atoms with Crippen molar-refractivity contribution >= 4 is 10.9 Å². The van der Waals surface area contributed by atoms with Gasteiger partial charge in [0.2, 0.25) is 0 Å². The van der Waals surface area contributed by atoms with Gasteiger partial charge in [0.25, 0.3) is 5.56 Å². The molecule has 0 atom stereocenters. The molecule has 6 heteroatoms. The molecule has 0 fully saturated rings. The highest BCUT2D eigenvalue weighted by Crippen LogP contribution is 2.27. The fourth-order valence-corrected chi connectivity index (χ4v) is 3.03. The predicted molar refractivity (Wildman–Crippen MR) is 107 cm³/mol. The zero-order valence-corrected chi connectivity index (χ0v) is 15.8. The fraction of sp³-hybridized carbons (Fsp3) is 0.333. The van der Waals surface area contributed by atoms with Crippen LogP contribution in [0.15, 0.2) is 53.6 Å². The number of para-hydroxylation sites is 1. The largest absolute Gasteiger partial charge is 0.493 e. The average Bonchev–Trinajstić information content (AvgIpc) is 2.72. The lowest BCUT2D eigenvalue weighted by Gasteiger charge is -2.10. The van der Waals surface area contributed by atoms with E-state index in [2.05, 4.69) is 10.3 Å². The van der Waals surface area contributed by atoms with Crippen LogP contribution in [0.5, 0.6) is 11.5 Å². The van der Waals surface area contributed by atoms with Crippen molar-refractivity contribution < 1.29 is 9.47 Å². The highest BCUT2D eigenvalue weighted by atomic mass is 16.5. The monoisotopic (exact) mass is 367 g/mol. The minimum atomic E-state index is 0.0194. The lowest BCUT2D eigenvalue weighted by atomic mass is 10.1. The van der Waals surface area contributed by atoms with E-state index >= 15 is 0 Å². The predicted octanol–water partition coefficient (Wildman–Crippen LogP) is 2.64. The van der Waals surface area contributed by atoms with Crippen LogP contribution in [0.3, 0.4) is 0 Å². The summed E-state index contributed by atoms with van der Waals surface area (Å²) in [5, 5.41) is 4.09. The van der Waals surface area contributed by atoms with Gasteiger partial charge in [-0.25, -0.2) is 4.98 Å². The van der Waals surface area contributed by atoms with E-state index in [1.807, 2.05) is 42.5 Å². The van der Waals surface area contributed by atoms with Gasteiger partial charge in [0.1, 0.15) is 0 Å². The second-order valence-corrected chi connectivity index (χ2v) is 6.30. The van der Waals surface area contributed by atoms with E-state index in [1.54, 1.807) is 25.1 Å². The van der Waals surface area contributed by atoms with Crippen LogP contribution < -0.4 is 20.3 Å². The summed E-state index contributed by atoms with van der Waals surface area (Å²) in [5.41, 5.74) is 1.95. The van der Waals surface area contributed by atoms with Crippen molar-refractivity contribution in [1.82, 2.24) is 14.9 Å². The molecular formula is C21H25N3O3. The van der Waals surface area contributed by atoms with Crippen LogP contribution in [0.25, 0.3) is 10.9 Å². The molecule has 0 bridgehead atoms. The molecule has 0 aliphatic heterocycles. The molecule has 0 saturated heterocycles. The Balaban J connectivity index is 1.45. The molecule has 27 heavy (non-hydrogen) atoms. The van der Waals surface area contributed by atoms with Crippen molar-refractivity contribution in [3.05, 3.63) is 64.7 Å². The van der Waals surface area contributed by atoms with E-state index in [0.717, 1.165) is 42.9 Å². The van der Waals surface area contributed by atoms with E-state index in [0.29, 0.717) is 11.9 Å². The zero-order chi connectivity index (χ0) is 19.1. The number of aryl methyl sites for hydroxylation is 1. The number of methoxy groups -OCH3 is 2. The van der Waals surface area contributed by atoms with Crippen molar-refractivity contribution in [3.8, 4) is 11.5 Å². The van der Waals surface area contributed by atoms with Crippen LogP contribution >= 0.6 is 0 Å². The molecule has 0 aliphatic rings. The summed E-state index contributed by atoms with van der Waals surface area (Å²) in [6, 6.07) is 13.4. The van der Waals surface area contributed by atoms with Crippen LogP contribution in [-0.4, -0.2) is 36.9 Å². The number of nitrogens with one attached hydrogen (secondary N) is 1. The van der Waals surface area contributed by atoms with Crippen molar-refractivity contribution in [1.29, 1.82) is 0 Å². The summed E-state index contributed by atoms with van der Waals surface area (Å²) in [6.07, 6.45) is 3.40. The van der Waals surface area contributed by atoms with Crippen molar-refractivity contribution in [2.45, 2.75) is 19.4 Å². The Labute approximate surface area is 158 Å². The van der Waals surface area contributed by atoms with Gasteiger partial charge in [0.15, 0.2) is 11.5 Å². The number of fused-ring (bicyclic) bond motifs is 1. The highest BCUT2D eigenvalue weighted by Gasteiger charge is 2.05. The summed E-state index contributed by atoms with van der Waals surface area (Å²) in [5.74, 6) is 1.49. The molecule has 3 rings (SSSR count). The first-order valence-corrected chi connectivity index (χ1v) is 9.08.